The van der Waals surface area contributed by atoms with Crippen LogP contribution in [0, 0.1) is 5.82 Å². The molecule has 3 aromatic rings. The molecule has 0 aliphatic carbocycles. The number of halogens is 1. The third kappa shape index (κ3) is 2.07. The fraction of sp³-hybridized carbons (Fsp3) is 0. The molecule has 100 valence electrons. The number of amides is 1. The third-order valence-electron chi connectivity index (χ3n) is 2.98. The standard InChI is InChI=1S/C14H11FN4O/c15-10-3-1-2-9(13(10)16)14(20)19-8-4-5-11-12(6-8)18-7-17-11/h1-7H,16H2,(H,17,18)(H,19,20). The summed E-state index contributed by atoms with van der Waals surface area (Å²) in [6.45, 7) is 0. The molecule has 0 aliphatic rings. The first-order valence-electron chi connectivity index (χ1n) is 5.93. The van der Waals surface area contributed by atoms with E-state index in [2.05, 4.69) is 15.3 Å². The molecular weight excluding hydrogens is 259 g/mol. The molecule has 3 rings (SSSR count). The fourth-order valence-corrected chi connectivity index (χ4v) is 1.95. The summed E-state index contributed by atoms with van der Waals surface area (Å²) in [6.07, 6.45) is 1.57. The molecule has 20 heavy (non-hydrogen) atoms. The monoisotopic (exact) mass is 270 g/mol. The molecule has 0 saturated heterocycles. The summed E-state index contributed by atoms with van der Waals surface area (Å²) >= 11 is 0. The van der Waals surface area contributed by atoms with Gasteiger partial charge in [0, 0.05) is 5.69 Å². The van der Waals surface area contributed by atoms with Gasteiger partial charge in [-0.1, -0.05) is 6.07 Å². The van der Waals surface area contributed by atoms with Crippen LogP contribution >= 0.6 is 0 Å². The Labute approximate surface area is 113 Å². The zero-order valence-electron chi connectivity index (χ0n) is 10.4. The van der Waals surface area contributed by atoms with Gasteiger partial charge in [0.2, 0.25) is 0 Å². The summed E-state index contributed by atoms with van der Waals surface area (Å²) in [5.41, 5.74) is 7.69. The Balaban J connectivity index is 1.90. The minimum absolute atomic E-state index is 0.106. The van der Waals surface area contributed by atoms with Crippen LogP contribution in [0.5, 0.6) is 0 Å². The van der Waals surface area contributed by atoms with Crippen LogP contribution in [0.4, 0.5) is 15.8 Å². The largest absolute Gasteiger partial charge is 0.396 e. The smallest absolute Gasteiger partial charge is 0.257 e. The lowest BCUT2D eigenvalue weighted by molar-refractivity contribution is 0.102. The summed E-state index contributed by atoms with van der Waals surface area (Å²) in [5.74, 6) is -1.07. The Morgan fingerprint density at radius 3 is 3.00 bits per heavy atom. The summed E-state index contributed by atoms with van der Waals surface area (Å²) in [5, 5.41) is 2.67. The van der Waals surface area contributed by atoms with Gasteiger partial charge in [-0.2, -0.15) is 0 Å². The van der Waals surface area contributed by atoms with E-state index in [9.17, 15) is 9.18 Å². The zero-order valence-corrected chi connectivity index (χ0v) is 10.4. The quantitative estimate of drug-likeness (QED) is 0.626. The number of nitrogens with zero attached hydrogens (tertiary/aromatic N) is 1. The normalized spacial score (nSPS) is 10.7. The molecule has 6 heteroatoms. The van der Waals surface area contributed by atoms with E-state index in [-0.39, 0.29) is 11.3 Å². The van der Waals surface area contributed by atoms with Crippen molar-refractivity contribution in [2.75, 3.05) is 11.1 Å². The third-order valence-corrected chi connectivity index (χ3v) is 2.98. The van der Waals surface area contributed by atoms with Crippen LogP contribution in [0.15, 0.2) is 42.7 Å². The van der Waals surface area contributed by atoms with E-state index in [0.717, 1.165) is 11.0 Å². The number of fused-ring (bicyclic) bond motifs is 1. The molecule has 5 nitrogen and oxygen atoms in total. The predicted octanol–water partition coefficient (Wildman–Crippen LogP) is 2.54. The number of benzene rings is 2. The number of aromatic amines is 1. The van der Waals surface area contributed by atoms with Gasteiger partial charge in [-0.3, -0.25) is 4.79 Å². The van der Waals surface area contributed by atoms with Crippen molar-refractivity contribution in [1.82, 2.24) is 9.97 Å². The molecule has 1 heterocycles. The number of hydrogen-bond donors (Lipinski definition) is 3. The Morgan fingerprint density at radius 2 is 2.15 bits per heavy atom. The summed E-state index contributed by atoms with van der Waals surface area (Å²) in [4.78, 5) is 19.1. The van der Waals surface area contributed by atoms with Crippen molar-refractivity contribution in [1.29, 1.82) is 0 Å². The van der Waals surface area contributed by atoms with Gasteiger partial charge in [0.1, 0.15) is 5.82 Å². The average Bonchev–Trinajstić information content (AvgIpc) is 2.89. The van der Waals surface area contributed by atoms with Crippen LogP contribution in [-0.4, -0.2) is 15.9 Å². The molecule has 0 bridgehead atoms. The second-order valence-electron chi connectivity index (χ2n) is 4.29. The van der Waals surface area contributed by atoms with Gasteiger partial charge in [0.05, 0.1) is 28.6 Å². The molecule has 0 fully saturated rings. The molecule has 0 aliphatic heterocycles. The summed E-state index contributed by atoms with van der Waals surface area (Å²) < 4.78 is 13.3. The van der Waals surface area contributed by atoms with E-state index in [1.165, 1.54) is 18.2 Å². The van der Waals surface area contributed by atoms with E-state index in [0.29, 0.717) is 5.69 Å². The number of nitrogen functional groups attached to an aromatic ring is 1. The van der Waals surface area contributed by atoms with Gasteiger partial charge >= 0.3 is 0 Å². The number of H-pyrrole nitrogens is 1. The molecule has 1 aromatic heterocycles. The minimum atomic E-state index is -0.610. The van der Waals surface area contributed by atoms with Crippen LogP contribution in [0.2, 0.25) is 0 Å². The van der Waals surface area contributed by atoms with Crippen molar-refractivity contribution in [3.8, 4) is 0 Å². The minimum Gasteiger partial charge on any atom is -0.396 e. The molecule has 0 unspecified atom stereocenters. The first kappa shape index (κ1) is 12.2. The maximum atomic E-state index is 13.3. The number of aromatic nitrogens is 2. The second kappa shape index (κ2) is 4.65. The SMILES string of the molecule is Nc1c(F)cccc1C(=O)Nc1ccc2nc[nH]c2c1. The lowest BCUT2D eigenvalue weighted by Gasteiger charge is -2.08. The highest BCUT2D eigenvalue weighted by Gasteiger charge is 2.13. The molecule has 0 radical (unpaired) electrons. The van der Waals surface area contributed by atoms with Crippen molar-refractivity contribution >= 4 is 28.3 Å². The topological polar surface area (TPSA) is 83.8 Å². The van der Waals surface area contributed by atoms with Crippen molar-refractivity contribution in [3.63, 3.8) is 0 Å². The van der Waals surface area contributed by atoms with Gasteiger partial charge in [-0.25, -0.2) is 9.37 Å². The lowest BCUT2D eigenvalue weighted by Crippen LogP contribution is -2.14. The van der Waals surface area contributed by atoms with Crippen molar-refractivity contribution in [2.24, 2.45) is 0 Å². The van der Waals surface area contributed by atoms with Gasteiger partial charge in [-0.15, -0.1) is 0 Å². The number of hydrogen-bond acceptors (Lipinski definition) is 3. The molecule has 2 aromatic carbocycles. The number of nitrogens with two attached hydrogens (primary N) is 1. The summed E-state index contributed by atoms with van der Waals surface area (Å²) in [7, 11) is 0. The Hall–Kier alpha value is -2.89. The number of para-hydroxylation sites is 1. The highest BCUT2D eigenvalue weighted by Crippen LogP contribution is 2.19. The number of carbonyl (C=O) groups is 1. The Bertz CT molecular complexity index is 797. The number of carbonyl (C=O) groups excluding carboxylic acids is 1. The van der Waals surface area contributed by atoms with Crippen molar-refractivity contribution < 1.29 is 9.18 Å². The van der Waals surface area contributed by atoms with Gasteiger partial charge in [-0.05, 0) is 30.3 Å². The molecule has 0 spiro atoms. The van der Waals surface area contributed by atoms with Gasteiger partial charge in [0.25, 0.3) is 5.91 Å². The van der Waals surface area contributed by atoms with E-state index < -0.39 is 11.7 Å². The number of anilines is 2. The highest BCUT2D eigenvalue weighted by molar-refractivity contribution is 6.08. The first-order valence-corrected chi connectivity index (χ1v) is 5.93. The van der Waals surface area contributed by atoms with Crippen LogP contribution < -0.4 is 11.1 Å². The van der Waals surface area contributed by atoms with Crippen LogP contribution in [0.1, 0.15) is 10.4 Å². The van der Waals surface area contributed by atoms with Crippen LogP contribution in [0.3, 0.4) is 0 Å². The van der Waals surface area contributed by atoms with Gasteiger partial charge in [0.15, 0.2) is 0 Å². The first-order chi connectivity index (χ1) is 9.65. The predicted molar refractivity (Wildman–Crippen MR) is 74.9 cm³/mol. The highest BCUT2D eigenvalue weighted by atomic mass is 19.1. The van der Waals surface area contributed by atoms with Crippen LogP contribution in [-0.2, 0) is 0 Å². The molecule has 1 amide bonds. The lowest BCUT2D eigenvalue weighted by atomic mass is 10.1. The fourth-order valence-electron chi connectivity index (χ4n) is 1.95. The second-order valence-corrected chi connectivity index (χ2v) is 4.29. The molecule has 4 N–H and O–H groups in total. The number of rotatable bonds is 2. The van der Waals surface area contributed by atoms with E-state index in [4.69, 9.17) is 5.73 Å². The maximum absolute atomic E-state index is 13.3. The Kier molecular flexibility index (Phi) is 2.83. The van der Waals surface area contributed by atoms with Gasteiger partial charge < -0.3 is 16.0 Å². The van der Waals surface area contributed by atoms with Crippen LogP contribution in [0.25, 0.3) is 11.0 Å². The number of imidazole rings is 1. The Morgan fingerprint density at radius 1 is 1.30 bits per heavy atom. The van der Waals surface area contributed by atoms with E-state index in [1.807, 2.05) is 0 Å². The maximum Gasteiger partial charge on any atom is 0.257 e. The van der Waals surface area contributed by atoms with Crippen molar-refractivity contribution in [3.05, 3.63) is 54.1 Å². The van der Waals surface area contributed by atoms with Crippen molar-refractivity contribution in [2.45, 2.75) is 0 Å². The van der Waals surface area contributed by atoms with E-state index in [1.54, 1.807) is 24.5 Å². The zero-order chi connectivity index (χ0) is 14.1. The van der Waals surface area contributed by atoms with E-state index >= 15 is 0 Å². The molecule has 0 atom stereocenters. The average molecular weight is 270 g/mol. The number of nitrogens with one attached hydrogen (secondary N) is 2. The molecular formula is C14H11FN4O. The molecule has 0 saturated carbocycles. The summed E-state index contributed by atoms with van der Waals surface area (Å²) in [6, 6.07) is 9.37.